The van der Waals surface area contributed by atoms with Crippen LogP contribution in [0.1, 0.15) is 32.3 Å². The molecule has 1 fully saturated rings. The van der Waals surface area contributed by atoms with Crippen molar-refractivity contribution in [2.24, 2.45) is 5.92 Å². The average molecular weight is 275 g/mol. The lowest BCUT2D eigenvalue weighted by Crippen LogP contribution is -2.46. The fourth-order valence-corrected chi connectivity index (χ4v) is 2.38. The van der Waals surface area contributed by atoms with Crippen LogP contribution in [-0.2, 0) is 16.1 Å². The number of rotatable bonds is 4. The second-order valence-electron chi connectivity index (χ2n) is 5.46. The Hall–Kier alpha value is -1.91. The van der Waals surface area contributed by atoms with Gasteiger partial charge < -0.3 is 10.2 Å². The molecule has 1 aromatic heterocycles. The Morgan fingerprint density at radius 1 is 1.55 bits per heavy atom. The van der Waals surface area contributed by atoms with Crippen molar-refractivity contribution in [3.05, 3.63) is 30.1 Å². The van der Waals surface area contributed by atoms with Crippen molar-refractivity contribution in [3.8, 4) is 0 Å². The first kappa shape index (κ1) is 14.5. The first-order valence-electron chi connectivity index (χ1n) is 7.04. The monoisotopic (exact) mass is 275 g/mol. The van der Waals surface area contributed by atoms with E-state index >= 15 is 0 Å². The second-order valence-corrected chi connectivity index (χ2v) is 5.46. The van der Waals surface area contributed by atoms with E-state index in [0.29, 0.717) is 25.9 Å². The van der Waals surface area contributed by atoms with Crippen molar-refractivity contribution < 1.29 is 9.59 Å². The molecule has 0 spiro atoms. The summed E-state index contributed by atoms with van der Waals surface area (Å²) in [5.41, 5.74) is 1.02. The summed E-state index contributed by atoms with van der Waals surface area (Å²) in [7, 11) is 0. The van der Waals surface area contributed by atoms with Crippen LogP contribution < -0.4 is 5.32 Å². The highest BCUT2D eigenvalue weighted by Crippen LogP contribution is 2.18. The van der Waals surface area contributed by atoms with Gasteiger partial charge in [0.05, 0.1) is 5.92 Å². The molecule has 108 valence electrons. The number of pyridine rings is 1. The van der Waals surface area contributed by atoms with Crippen LogP contribution in [0.15, 0.2) is 24.5 Å². The van der Waals surface area contributed by atoms with E-state index in [1.54, 1.807) is 12.4 Å². The van der Waals surface area contributed by atoms with Gasteiger partial charge in [0.1, 0.15) is 0 Å². The highest BCUT2D eigenvalue weighted by atomic mass is 16.2. The third-order valence-corrected chi connectivity index (χ3v) is 3.60. The van der Waals surface area contributed by atoms with Crippen LogP contribution in [0.5, 0.6) is 0 Å². The summed E-state index contributed by atoms with van der Waals surface area (Å²) >= 11 is 0. The molecule has 2 rings (SSSR count). The minimum Gasteiger partial charge on any atom is -0.355 e. The fourth-order valence-electron chi connectivity index (χ4n) is 2.38. The maximum atomic E-state index is 12.6. The number of carbonyl (C=O) groups is 2. The van der Waals surface area contributed by atoms with Gasteiger partial charge in [0.15, 0.2) is 0 Å². The summed E-state index contributed by atoms with van der Waals surface area (Å²) in [5, 5.41) is 2.77. The lowest BCUT2D eigenvalue weighted by molar-refractivity contribution is -0.139. The molecule has 0 aromatic carbocycles. The van der Waals surface area contributed by atoms with E-state index in [-0.39, 0.29) is 23.8 Å². The number of hydrogen-bond acceptors (Lipinski definition) is 3. The summed E-state index contributed by atoms with van der Waals surface area (Å²) in [6.45, 7) is 5.04. The molecule has 20 heavy (non-hydrogen) atoms. The van der Waals surface area contributed by atoms with Gasteiger partial charge in [-0.2, -0.15) is 0 Å². The number of carbonyl (C=O) groups excluding carboxylic acids is 2. The van der Waals surface area contributed by atoms with Gasteiger partial charge >= 0.3 is 0 Å². The number of piperidine rings is 1. The van der Waals surface area contributed by atoms with Crippen LogP contribution in [0.25, 0.3) is 0 Å². The number of nitrogens with zero attached hydrogens (tertiary/aromatic N) is 2. The lowest BCUT2D eigenvalue weighted by Gasteiger charge is -2.32. The summed E-state index contributed by atoms with van der Waals surface area (Å²) in [4.78, 5) is 29.7. The molecule has 0 aliphatic carbocycles. The van der Waals surface area contributed by atoms with Crippen LogP contribution in [-0.4, -0.2) is 34.3 Å². The van der Waals surface area contributed by atoms with Crippen molar-refractivity contribution in [1.82, 2.24) is 15.2 Å². The molecule has 2 heterocycles. The molecule has 5 nitrogen and oxygen atoms in total. The molecule has 0 saturated carbocycles. The zero-order valence-corrected chi connectivity index (χ0v) is 12.0. The Morgan fingerprint density at radius 3 is 2.90 bits per heavy atom. The van der Waals surface area contributed by atoms with Crippen molar-refractivity contribution in [2.45, 2.75) is 39.3 Å². The third kappa shape index (κ3) is 3.56. The van der Waals surface area contributed by atoms with Crippen LogP contribution in [0.2, 0.25) is 0 Å². The molecule has 1 unspecified atom stereocenters. The van der Waals surface area contributed by atoms with E-state index in [9.17, 15) is 9.59 Å². The van der Waals surface area contributed by atoms with Crippen molar-refractivity contribution in [2.75, 3.05) is 6.54 Å². The highest BCUT2D eigenvalue weighted by Gasteiger charge is 2.29. The van der Waals surface area contributed by atoms with Crippen molar-refractivity contribution in [1.29, 1.82) is 0 Å². The molecule has 5 heteroatoms. The van der Waals surface area contributed by atoms with Crippen molar-refractivity contribution in [3.63, 3.8) is 0 Å². The summed E-state index contributed by atoms with van der Waals surface area (Å²) in [6, 6.07) is 3.97. The van der Waals surface area contributed by atoms with Crippen LogP contribution >= 0.6 is 0 Å². The highest BCUT2D eigenvalue weighted by molar-refractivity contribution is 5.83. The SMILES string of the molecule is CC(C)N(Cc1cccnc1)C(=O)C1CCC(=O)NC1. The standard InChI is InChI=1S/C15H21N3O2/c1-11(2)18(10-12-4-3-7-16-8-12)15(20)13-5-6-14(19)17-9-13/h3-4,7-8,11,13H,5-6,9-10H2,1-2H3,(H,17,19). The molecule has 1 saturated heterocycles. The quantitative estimate of drug-likeness (QED) is 0.902. The molecule has 1 aromatic rings. The molecule has 2 amide bonds. The van der Waals surface area contributed by atoms with Crippen LogP contribution in [0.4, 0.5) is 0 Å². The number of aromatic nitrogens is 1. The molecule has 0 bridgehead atoms. The molecule has 1 aliphatic rings. The summed E-state index contributed by atoms with van der Waals surface area (Å²) < 4.78 is 0. The first-order chi connectivity index (χ1) is 9.58. The zero-order chi connectivity index (χ0) is 14.5. The van der Waals surface area contributed by atoms with Gasteiger partial charge in [-0.05, 0) is 31.9 Å². The van der Waals surface area contributed by atoms with Gasteiger partial charge in [0.25, 0.3) is 0 Å². The maximum Gasteiger partial charge on any atom is 0.228 e. The molecule has 1 aliphatic heterocycles. The van der Waals surface area contributed by atoms with E-state index in [1.165, 1.54) is 0 Å². The predicted molar refractivity (Wildman–Crippen MR) is 75.7 cm³/mol. The summed E-state index contributed by atoms with van der Waals surface area (Å²) in [5.74, 6) is 0.0491. The van der Waals surface area contributed by atoms with Gasteiger partial charge in [0, 0.05) is 37.9 Å². The minimum absolute atomic E-state index is 0.0393. The average Bonchev–Trinajstić information content (AvgIpc) is 2.45. The van der Waals surface area contributed by atoms with Gasteiger partial charge in [-0.25, -0.2) is 0 Å². The Balaban J connectivity index is 2.04. The van der Waals surface area contributed by atoms with Crippen LogP contribution in [0.3, 0.4) is 0 Å². The normalized spacial score (nSPS) is 18.8. The van der Waals surface area contributed by atoms with E-state index in [4.69, 9.17) is 0 Å². The lowest BCUT2D eigenvalue weighted by atomic mass is 9.97. The second kappa shape index (κ2) is 6.50. The topological polar surface area (TPSA) is 62.3 Å². The Kier molecular flexibility index (Phi) is 4.71. The largest absolute Gasteiger partial charge is 0.355 e. The van der Waals surface area contributed by atoms with Crippen LogP contribution in [0, 0.1) is 5.92 Å². The zero-order valence-electron chi connectivity index (χ0n) is 12.0. The van der Waals surface area contributed by atoms with E-state index in [2.05, 4.69) is 10.3 Å². The Morgan fingerprint density at radius 2 is 2.35 bits per heavy atom. The molecular weight excluding hydrogens is 254 g/mol. The maximum absolute atomic E-state index is 12.6. The number of amides is 2. The Bertz CT molecular complexity index is 463. The van der Waals surface area contributed by atoms with Gasteiger partial charge in [0.2, 0.25) is 11.8 Å². The summed E-state index contributed by atoms with van der Waals surface area (Å²) in [6.07, 6.45) is 4.59. The van der Waals surface area contributed by atoms with E-state index < -0.39 is 0 Å². The van der Waals surface area contributed by atoms with Crippen molar-refractivity contribution >= 4 is 11.8 Å². The predicted octanol–water partition coefficient (Wildman–Crippen LogP) is 1.34. The Labute approximate surface area is 119 Å². The van der Waals surface area contributed by atoms with Gasteiger partial charge in [-0.3, -0.25) is 14.6 Å². The minimum atomic E-state index is -0.105. The smallest absolute Gasteiger partial charge is 0.228 e. The van der Waals surface area contributed by atoms with Gasteiger partial charge in [-0.1, -0.05) is 6.07 Å². The molecule has 0 radical (unpaired) electrons. The number of nitrogens with one attached hydrogen (secondary N) is 1. The molecule has 1 atom stereocenters. The molecular formula is C15H21N3O2. The first-order valence-corrected chi connectivity index (χ1v) is 7.04. The third-order valence-electron chi connectivity index (χ3n) is 3.60. The molecule has 1 N–H and O–H groups in total. The van der Waals surface area contributed by atoms with E-state index in [0.717, 1.165) is 5.56 Å². The van der Waals surface area contributed by atoms with E-state index in [1.807, 2.05) is 30.9 Å². The van der Waals surface area contributed by atoms with Gasteiger partial charge in [-0.15, -0.1) is 0 Å². The number of hydrogen-bond donors (Lipinski definition) is 1. The fraction of sp³-hybridized carbons (Fsp3) is 0.533.